The van der Waals surface area contributed by atoms with E-state index in [0.717, 1.165) is 5.76 Å². The van der Waals surface area contributed by atoms with E-state index in [-0.39, 0.29) is 18.0 Å². The van der Waals surface area contributed by atoms with Gasteiger partial charge in [-0.25, -0.2) is 4.39 Å². The number of halogens is 1. The fourth-order valence-corrected chi connectivity index (χ4v) is 1.52. The number of amides is 1. The number of nitrogens with one attached hydrogen (secondary N) is 1. The van der Waals surface area contributed by atoms with Gasteiger partial charge in [-0.1, -0.05) is 0 Å². The third-order valence-electron chi connectivity index (χ3n) is 2.46. The minimum absolute atomic E-state index is 0.0589. The van der Waals surface area contributed by atoms with E-state index in [9.17, 15) is 9.18 Å². The Hall–Kier alpha value is -2.30. The fourth-order valence-electron chi connectivity index (χ4n) is 1.52. The predicted molar refractivity (Wildman–Crippen MR) is 66.5 cm³/mol. The van der Waals surface area contributed by atoms with Crippen LogP contribution in [0.15, 0.2) is 41.0 Å². The predicted octanol–water partition coefficient (Wildman–Crippen LogP) is 2.57. The Morgan fingerprint density at radius 3 is 2.89 bits per heavy atom. The zero-order valence-corrected chi connectivity index (χ0v) is 9.65. The summed E-state index contributed by atoms with van der Waals surface area (Å²) >= 11 is 0. The molecule has 0 aliphatic carbocycles. The van der Waals surface area contributed by atoms with Crippen LogP contribution in [0, 0.1) is 5.82 Å². The molecule has 1 aromatic carbocycles. The molecule has 0 aliphatic heterocycles. The van der Waals surface area contributed by atoms with E-state index in [1.165, 1.54) is 12.1 Å². The highest BCUT2D eigenvalue weighted by Gasteiger charge is 2.06. The van der Waals surface area contributed by atoms with E-state index in [1.807, 2.05) is 0 Å². The van der Waals surface area contributed by atoms with Crippen LogP contribution in [0.5, 0.6) is 0 Å². The molecule has 18 heavy (non-hydrogen) atoms. The summed E-state index contributed by atoms with van der Waals surface area (Å²) in [7, 11) is 0. The quantitative estimate of drug-likeness (QED) is 0.817. The molecule has 1 amide bonds. The van der Waals surface area contributed by atoms with Crippen LogP contribution >= 0.6 is 0 Å². The van der Waals surface area contributed by atoms with Crippen molar-refractivity contribution in [1.82, 2.24) is 0 Å². The Morgan fingerprint density at radius 1 is 1.39 bits per heavy atom. The molecular weight excluding hydrogens is 235 g/mol. The Balaban J connectivity index is 1.88. The Morgan fingerprint density at radius 2 is 2.22 bits per heavy atom. The van der Waals surface area contributed by atoms with Crippen LogP contribution in [0.3, 0.4) is 0 Å². The SMILES string of the molecule is Nc1ccc(NC(=O)CCc2ccco2)cc1F. The molecule has 94 valence electrons. The van der Waals surface area contributed by atoms with Crippen molar-refractivity contribution in [2.45, 2.75) is 12.8 Å². The maximum atomic E-state index is 13.1. The van der Waals surface area contributed by atoms with Crippen molar-refractivity contribution in [3.8, 4) is 0 Å². The topological polar surface area (TPSA) is 68.3 Å². The highest BCUT2D eigenvalue weighted by molar-refractivity contribution is 5.90. The summed E-state index contributed by atoms with van der Waals surface area (Å²) in [5, 5.41) is 2.60. The van der Waals surface area contributed by atoms with E-state index in [2.05, 4.69) is 5.32 Å². The van der Waals surface area contributed by atoms with Crippen LogP contribution in [0.4, 0.5) is 15.8 Å². The first kappa shape index (κ1) is 12.2. The van der Waals surface area contributed by atoms with Gasteiger partial charge in [0.25, 0.3) is 0 Å². The Bertz CT molecular complexity index is 538. The number of rotatable bonds is 4. The number of nitrogens with two attached hydrogens (primary N) is 1. The van der Waals surface area contributed by atoms with Crippen LogP contribution in [0.1, 0.15) is 12.2 Å². The van der Waals surface area contributed by atoms with E-state index in [1.54, 1.807) is 24.5 Å². The molecule has 0 spiro atoms. The van der Waals surface area contributed by atoms with Crippen LogP contribution < -0.4 is 11.1 Å². The Kier molecular flexibility index (Phi) is 3.62. The van der Waals surface area contributed by atoms with Crippen LogP contribution in [0.2, 0.25) is 0 Å². The maximum absolute atomic E-state index is 13.1. The van der Waals surface area contributed by atoms with Gasteiger partial charge in [0.1, 0.15) is 11.6 Å². The molecule has 5 heteroatoms. The molecule has 0 bridgehead atoms. The first-order valence-corrected chi connectivity index (χ1v) is 5.52. The minimum Gasteiger partial charge on any atom is -0.469 e. The summed E-state index contributed by atoms with van der Waals surface area (Å²) in [5.74, 6) is 0.00282. The number of hydrogen-bond acceptors (Lipinski definition) is 3. The summed E-state index contributed by atoms with van der Waals surface area (Å²) in [4.78, 5) is 11.6. The second kappa shape index (κ2) is 5.35. The van der Waals surface area contributed by atoms with Crippen molar-refractivity contribution in [3.63, 3.8) is 0 Å². The van der Waals surface area contributed by atoms with Crippen molar-refractivity contribution < 1.29 is 13.6 Å². The largest absolute Gasteiger partial charge is 0.469 e. The number of anilines is 2. The van der Waals surface area contributed by atoms with Gasteiger partial charge in [-0.3, -0.25) is 4.79 Å². The third-order valence-corrected chi connectivity index (χ3v) is 2.46. The third kappa shape index (κ3) is 3.10. The van der Waals surface area contributed by atoms with E-state index in [0.29, 0.717) is 12.1 Å². The molecule has 0 unspecified atom stereocenters. The smallest absolute Gasteiger partial charge is 0.224 e. The lowest BCUT2D eigenvalue weighted by Crippen LogP contribution is -2.12. The van der Waals surface area contributed by atoms with Gasteiger partial charge in [0, 0.05) is 18.5 Å². The number of nitrogen functional groups attached to an aromatic ring is 1. The summed E-state index contributed by atoms with van der Waals surface area (Å²) in [5.41, 5.74) is 5.80. The average molecular weight is 248 g/mol. The lowest BCUT2D eigenvalue weighted by atomic mass is 10.2. The van der Waals surface area contributed by atoms with E-state index < -0.39 is 5.82 Å². The zero-order chi connectivity index (χ0) is 13.0. The van der Waals surface area contributed by atoms with Crippen molar-refractivity contribution in [2.24, 2.45) is 0 Å². The van der Waals surface area contributed by atoms with Crippen LogP contribution in [-0.2, 0) is 11.2 Å². The van der Waals surface area contributed by atoms with Gasteiger partial charge in [0.05, 0.1) is 12.0 Å². The first-order valence-electron chi connectivity index (χ1n) is 5.52. The first-order chi connectivity index (χ1) is 8.65. The second-order valence-electron chi connectivity index (χ2n) is 3.86. The monoisotopic (exact) mass is 248 g/mol. The molecule has 2 aromatic rings. The molecule has 3 N–H and O–H groups in total. The summed E-state index contributed by atoms with van der Waals surface area (Å²) < 4.78 is 18.3. The molecule has 0 saturated carbocycles. The van der Waals surface area contributed by atoms with E-state index >= 15 is 0 Å². The van der Waals surface area contributed by atoms with Gasteiger partial charge in [0.2, 0.25) is 5.91 Å². The number of furan rings is 1. The second-order valence-corrected chi connectivity index (χ2v) is 3.86. The number of carbonyl (C=O) groups is 1. The van der Waals surface area contributed by atoms with Crippen LogP contribution in [-0.4, -0.2) is 5.91 Å². The van der Waals surface area contributed by atoms with Gasteiger partial charge in [-0.05, 0) is 30.3 Å². The molecule has 1 aromatic heterocycles. The summed E-state index contributed by atoms with van der Waals surface area (Å²) in [6, 6.07) is 7.74. The van der Waals surface area contributed by atoms with Crippen molar-refractivity contribution in [1.29, 1.82) is 0 Å². The average Bonchev–Trinajstić information content (AvgIpc) is 2.84. The van der Waals surface area contributed by atoms with Crippen LogP contribution in [0.25, 0.3) is 0 Å². The normalized spacial score (nSPS) is 10.3. The highest BCUT2D eigenvalue weighted by atomic mass is 19.1. The lowest BCUT2D eigenvalue weighted by Gasteiger charge is -2.05. The molecule has 0 saturated heterocycles. The number of hydrogen-bond donors (Lipinski definition) is 2. The molecule has 2 rings (SSSR count). The maximum Gasteiger partial charge on any atom is 0.224 e. The molecule has 0 aliphatic rings. The standard InChI is InChI=1S/C13H13FN2O2/c14-11-8-9(3-5-12(11)15)16-13(17)6-4-10-2-1-7-18-10/h1-3,5,7-8H,4,6,15H2,(H,16,17). The molecule has 0 radical (unpaired) electrons. The van der Waals surface area contributed by atoms with Gasteiger partial charge < -0.3 is 15.5 Å². The molecule has 0 fully saturated rings. The number of benzene rings is 1. The fraction of sp³-hybridized carbons (Fsp3) is 0.154. The van der Waals surface area contributed by atoms with Crippen molar-refractivity contribution in [3.05, 3.63) is 48.2 Å². The van der Waals surface area contributed by atoms with Gasteiger partial charge in [0.15, 0.2) is 0 Å². The number of aryl methyl sites for hydroxylation is 1. The van der Waals surface area contributed by atoms with Gasteiger partial charge in [-0.15, -0.1) is 0 Å². The summed E-state index contributed by atoms with van der Waals surface area (Å²) in [6.07, 6.45) is 2.35. The molecular formula is C13H13FN2O2. The Labute approximate surface area is 104 Å². The molecule has 0 atom stereocenters. The van der Waals surface area contributed by atoms with Gasteiger partial charge >= 0.3 is 0 Å². The minimum atomic E-state index is -0.543. The highest BCUT2D eigenvalue weighted by Crippen LogP contribution is 2.16. The lowest BCUT2D eigenvalue weighted by molar-refractivity contribution is -0.116. The molecule has 1 heterocycles. The summed E-state index contributed by atoms with van der Waals surface area (Å²) in [6.45, 7) is 0. The number of carbonyl (C=O) groups excluding carboxylic acids is 1. The van der Waals surface area contributed by atoms with Crippen molar-refractivity contribution >= 4 is 17.3 Å². The van der Waals surface area contributed by atoms with Crippen molar-refractivity contribution in [2.75, 3.05) is 11.1 Å². The van der Waals surface area contributed by atoms with Gasteiger partial charge in [-0.2, -0.15) is 0 Å². The molecule has 4 nitrogen and oxygen atoms in total. The van der Waals surface area contributed by atoms with E-state index in [4.69, 9.17) is 10.2 Å². The zero-order valence-electron chi connectivity index (χ0n) is 9.65.